The van der Waals surface area contributed by atoms with Crippen molar-refractivity contribution in [1.82, 2.24) is 0 Å². The second-order valence-corrected chi connectivity index (χ2v) is 2.67. The molecule has 0 amide bonds. The van der Waals surface area contributed by atoms with Gasteiger partial charge in [-0.3, -0.25) is 0 Å². The average molecular weight is 189 g/mol. The number of benzene rings is 1. The van der Waals surface area contributed by atoms with E-state index in [1.54, 1.807) is 6.07 Å². The van der Waals surface area contributed by atoms with Crippen LogP contribution in [0, 0.1) is 11.3 Å². The summed E-state index contributed by atoms with van der Waals surface area (Å²) in [6.45, 7) is 0. The summed E-state index contributed by atoms with van der Waals surface area (Å²) in [7, 11) is 2.99. The molecule has 0 fully saturated rings. The van der Waals surface area contributed by atoms with Crippen LogP contribution in [-0.4, -0.2) is 14.2 Å². The molecule has 5 nitrogen and oxygen atoms in total. The van der Waals surface area contributed by atoms with Crippen molar-refractivity contribution in [2.45, 2.75) is 0 Å². The lowest BCUT2D eigenvalue weighted by Gasteiger charge is -2.16. The van der Waals surface area contributed by atoms with Gasteiger partial charge < -0.3 is 9.47 Å². The Balaban J connectivity index is 2.69. The summed E-state index contributed by atoms with van der Waals surface area (Å²) in [6, 6.07) is 3.65. The number of hydrogen-bond acceptors (Lipinski definition) is 5. The van der Waals surface area contributed by atoms with Gasteiger partial charge >= 0.3 is 0 Å². The predicted octanol–water partition coefficient (Wildman–Crippen LogP) is 2.30. The topological polar surface area (TPSA) is 67.0 Å². The van der Waals surface area contributed by atoms with E-state index in [4.69, 9.17) is 14.7 Å². The molecule has 0 aliphatic carbocycles. The van der Waals surface area contributed by atoms with E-state index >= 15 is 0 Å². The van der Waals surface area contributed by atoms with Gasteiger partial charge in [-0.1, -0.05) is 0 Å². The lowest BCUT2D eigenvalue weighted by Crippen LogP contribution is -1.96. The van der Waals surface area contributed by atoms with Gasteiger partial charge in [-0.2, -0.15) is 5.26 Å². The van der Waals surface area contributed by atoms with Crippen LogP contribution in [0.1, 0.15) is 5.56 Å². The quantitative estimate of drug-likeness (QED) is 0.727. The molecular formula is C9H7N3O2. The Bertz CT molecular complexity index is 460. The van der Waals surface area contributed by atoms with Gasteiger partial charge in [0.25, 0.3) is 0 Å². The molecule has 0 N–H and O–H groups in total. The SMILES string of the molecule is COc1c(C#N)cc2c(c1OC)N=N2. The highest BCUT2D eigenvalue weighted by molar-refractivity contribution is 5.80. The Kier molecular flexibility index (Phi) is 1.82. The van der Waals surface area contributed by atoms with Gasteiger partial charge in [0.15, 0.2) is 17.2 Å². The molecule has 0 saturated carbocycles. The monoisotopic (exact) mass is 189 g/mol. The smallest absolute Gasteiger partial charge is 0.192 e. The number of ether oxygens (including phenoxy) is 2. The number of azo groups is 1. The summed E-state index contributed by atoms with van der Waals surface area (Å²) in [5, 5.41) is 16.4. The van der Waals surface area contributed by atoms with E-state index in [0.717, 1.165) is 0 Å². The summed E-state index contributed by atoms with van der Waals surface area (Å²) in [4.78, 5) is 0. The summed E-state index contributed by atoms with van der Waals surface area (Å²) >= 11 is 0. The minimum atomic E-state index is 0.404. The lowest BCUT2D eigenvalue weighted by molar-refractivity contribution is 0.354. The molecule has 1 aromatic carbocycles. The molecular weight excluding hydrogens is 182 g/mol. The second kappa shape index (κ2) is 3.00. The number of methoxy groups -OCH3 is 2. The average Bonchev–Trinajstić information content (AvgIpc) is 2.18. The standard InChI is InChI=1S/C9H7N3O2/c1-13-8-5(4-10)3-6-7(12-11-6)9(8)14-2/h3H,1-2H3. The predicted molar refractivity (Wildman–Crippen MR) is 48.4 cm³/mol. The molecule has 14 heavy (non-hydrogen) atoms. The number of hydrogen-bond donors (Lipinski definition) is 0. The van der Waals surface area contributed by atoms with Crippen LogP contribution in [0.15, 0.2) is 16.3 Å². The van der Waals surface area contributed by atoms with Crippen molar-refractivity contribution in [2.24, 2.45) is 10.2 Å². The Morgan fingerprint density at radius 1 is 1.21 bits per heavy atom. The van der Waals surface area contributed by atoms with Crippen molar-refractivity contribution in [1.29, 1.82) is 5.26 Å². The first-order valence-electron chi connectivity index (χ1n) is 3.92. The molecule has 0 bridgehead atoms. The Hall–Kier alpha value is -2.09. The van der Waals surface area contributed by atoms with Crippen molar-refractivity contribution in [3.05, 3.63) is 11.6 Å². The van der Waals surface area contributed by atoms with Gasteiger partial charge in [0.2, 0.25) is 0 Å². The zero-order valence-electron chi connectivity index (χ0n) is 7.74. The van der Waals surface area contributed by atoms with Crippen molar-refractivity contribution >= 4 is 11.4 Å². The van der Waals surface area contributed by atoms with Gasteiger partial charge in [0.05, 0.1) is 14.2 Å². The fraction of sp³-hybridized carbons (Fsp3) is 0.222. The molecule has 1 heterocycles. The fourth-order valence-corrected chi connectivity index (χ4v) is 1.32. The third kappa shape index (κ3) is 0.941. The maximum atomic E-state index is 8.85. The van der Waals surface area contributed by atoms with E-state index in [-0.39, 0.29) is 0 Å². The van der Waals surface area contributed by atoms with Gasteiger partial charge in [0, 0.05) is 0 Å². The molecule has 1 aliphatic heterocycles. The van der Waals surface area contributed by atoms with Crippen LogP contribution in [0.25, 0.3) is 0 Å². The number of nitrogens with zero attached hydrogens (tertiary/aromatic N) is 3. The molecule has 5 heteroatoms. The molecule has 0 atom stereocenters. The van der Waals surface area contributed by atoms with Crippen molar-refractivity contribution in [3.63, 3.8) is 0 Å². The largest absolute Gasteiger partial charge is 0.491 e. The van der Waals surface area contributed by atoms with Crippen molar-refractivity contribution < 1.29 is 9.47 Å². The van der Waals surface area contributed by atoms with Crippen LogP contribution >= 0.6 is 0 Å². The molecule has 2 rings (SSSR count). The van der Waals surface area contributed by atoms with E-state index in [0.29, 0.717) is 28.4 Å². The molecule has 1 aliphatic rings. The molecule has 0 saturated heterocycles. The first-order valence-corrected chi connectivity index (χ1v) is 3.92. The summed E-state index contributed by atoms with van der Waals surface area (Å²) in [5.41, 5.74) is 1.71. The summed E-state index contributed by atoms with van der Waals surface area (Å²) < 4.78 is 10.2. The van der Waals surface area contributed by atoms with Crippen LogP contribution in [0.4, 0.5) is 11.4 Å². The minimum absolute atomic E-state index is 0.404. The third-order valence-corrected chi connectivity index (χ3v) is 1.98. The van der Waals surface area contributed by atoms with E-state index in [2.05, 4.69) is 10.2 Å². The Labute approximate surface area is 80.6 Å². The lowest BCUT2D eigenvalue weighted by atomic mass is 10.1. The number of nitriles is 1. The Morgan fingerprint density at radius 3 is 2.36 bits per heavy atom. The number of rotatable bonds is 2. The van der Waals surface area contributed by atoms with E-state index in [9.17, 15) is 0 Å². The highest BCUT2D eigenvalue weighted by Gasteiger charge is 2.23. The molecule has 0 spiro atoms. The minimum Gasteiger partial charge on any atom is -0.491 e. The molecule has 0 unspecified atom stereocenters. The molecule has 0 radical (unpaired) electrons. The normalized spacial score (nSPS) is 11.2. The van der Waals surface area contributed by atoms with Crippen molar-refractivity contribution in [3.8, 4) is 17.6 Å². The molecule has 0 aromatic heterocycles. The van der Waals surface area contributed by atoms with Crippen LogP contribution < -0.4 is 9.47 Å². The summed E-state index contributed by atoms with van der Waals surface area (Å²) in [6.07, 6.45) is 0. The Morgan fingerprint density at radius 2 is 1.93 bits per heavy atom. The van der Waals surface area contributed by atoms with Gasteiger partial charge in [-0.15, -0.1) is 10.2 Å². The molecule has 70 valence electrons. The van der Waals surface area contributed by atoms with Gasteiger partial charge in [-0.25, -0.2) is 0 Å². The van der Waals surface area contributed by atoms with E-state index < -0.39 is 0 Å². The van der Waals surface area contributed by atoms with Gasteiger partial charge in [0.1, 0.15) is 17.3 Å². The summed E-state index contributed by atoms with van der Waals surface area (Å²) in [5.74, 6) is 0.879. The molecule has 1 aromatic rings. The first-order chi connectivity index (χ1) is 6.81. The third-order valence-electron chi connectivity index (χ3n) is 1.98. The van der Waals surface area contributed by atoms with Crippen molar-refractivity contribution in [2.75, 3.05) is 14.2 Å². The maximum Gasteiger partial charge on any atom is 0.192 e. The van der Waals surface area contributed by atoms with Gasteiger partial charge in [-0.05, 0) is 6.07 Å². The first kappa shape index (κ1) is 8.51. The zero-order valence-corrected chi connectivity index (χ0v) is 7.74. The zero-order chi connectivity index (χ0) is 10.1. The van der Waals surface area contributed by atoms with Crippen LogP contribution in [0.5, 0.6) is 11.5 Å². The second-order valence-electron chi connectivity index (χ2n) is 2.67. The highest BCUT2D eigenvalue weighted by Crippen LogP contribution is 2.51. The van der Waals surface area contributed by atoms with Crippen LogP contribution in [0.3, 0.4) is 0 Å². The maximum absolute atomic E-state index is 8.85. The number of fused-ring (bicyclic) bond motifs is 1. The fourth-order valence-electron chi connectivity index (χ4n) is 1.32. The van der Waals surface area contributed by atoms with E-state index in [1.165, 1.54) is 14.2 Å². The van der Waals surface area contributed by atoms with E-state index in [1.807, 2.05) is 6.07 Å². The highest BCUT2D eigenvalue weighted by atomic mass is 16.5. The van der Waals surface area contributed by atoms with Crippen LogP contribution in [-0.2, 0) is 0 Å². The van der Waals surface area contributed by atoms with Crippen LogP contribution in [0.2, 0.25) is 0 Å².